The Bertz CT molecular complexity index is 450. The number of nitrogens with two attached hydrogens (primary N) is 1. The van der Waals surface area contributed by atoms with Crippen molar-refractivity contribution in [2.45, 2.75) is 26.8 Å². The molecule has 0 aliphatic rings. The van der Waals surface area contributed by atoms with Gasteiger partial charge in [-0.05, 0) is 26.1 Å². The third kappa shape index (κ3) is 4.63. The quantitative estimate of drug-likeness (QED) is 0.525. The van der Waals surface area contributed by atoms with Crippen molar-refractivity contribution in [3.05, 3.63) is 22.8 Å². The van der Waals surface area contributed by atoms with E-state index in [9.17, 15) is 4.79 Å². The molecule has 7 heteroatoms. The molecular formula is C13H22ClN5O. The summed E-state index contributed by atoms with van der Waals surface area (Å²) in [6.07, 6.45) is 1.44. The van der Waals surface area contributed by atoms with E-state index in [0.29, 0.717) is 16.4 Å². The lowest BCUT2D eigenvalue weighted by Crippen LogP contribution is -2.42. The fraction of sp³-hybridized carbons (Fsp3) is 0.538. The summed E-state index contributed by atoms with van der Waals surface area (Å²) < 4.78 is 0. The number of pyridine rings is 1. The summed E-state index contributed by atoms with van der Waals surface area (Å²) in [5, 5.41) is 3.25. The minimum atomic E-state index is -0.192. The Morgan fingerprint density at radius 1 is 1.50 bits per heavy atom. The maximum Gasteiger partial charge on any atom is 0.253 e. The minimum Gasteiger partial charge on any atom is -0.348 e. The van der Waals surface area contributed by atoms with Gasteiger partial charge in [0.05, 0.1) is 10.6 Å². The number of hydrogen-bond acceptors (Lipinski definition) is 5. The van der Waals surface area contributed by atoms with Crippen LogP contribution in [0.5, 0.6) is 0 Å². The van der Waals surface area contributed by atoms with Crippen LogP contribution in [-0.4, -0.2) is 41.5 Å². The first-order chi connectivity index (χ1) is 9.51. The molecule has 0 fully saturated rings. The molecule has 1 amide bonds. The highest BCUT2D eigenvalue weighted by atomic mass is 35.5. The van der Waals surface area contributed by atoms with Crippen molar-refractivity contribution in [2.75, 3.05) is 25.1 Å². The molecule has 0 aliphatic heterocycles. The molecule has 0 saturated carbocycles. The van der Waals surface area contributed by atoms with E-state index in [1.165, 1.54) is 6.20 Å². The number of rotatable bonds is 7. The lowest BCUT2D eigenvalue weighted by molar-refractivity contribution is 0.0930. The van der Waals surface area contributed by atoms with Crippen LogP contribution in [0.15, 0.2) is 12.3 Å². The molecule has 1 aromatic heterocycles. The zero-order valence-corrected chi connectivity index (χ0v) is 12.9. The van der Waals surface area contributed by atoms with Crippen LogP contribution in [0, 0.1) is 0 Å². The van der Waals surface area contributed by atoms with Crippen LogP contribution in [0.25, 0.3) is 0 Å². The number of aromatic nitrogens is 1. The molecular weight excluding hydrogens is 278 g/mol. The van der Waals surface area contributed by atoms with Gasteiger partial charge in [0.2, 0.25) is 0 Å². The summed E-state index contributed by atoms with van der Waals surface area (Å²) in [4.78, 5) is 18.3. The first-order valence-corrected chi connectivity index (χ1v) is 7.04. The molecule has 0 aliphatic carbocycles. The number of anilines is 1. The fourth-order valence-corrected chi connectivity index (χ4v) is 2.11. The smallest absolute Gasteiger partial charge is 0.253 e. The predicted octanol–water partition coefficient (Wildman–Crippen LogP) is 1.48. The second kappa shape index (κ2) is 8.04. The minimum absolute atomic E-state index is 0.0495. The Labute approximate surface area is 124 Å². The number of halogens is 1. The van der Waals surface area contributed by atoms with Gasteiger partial charge >= 0.3 is 0 Å². The molecule has 0 bridgehead atoms. The summed E-state index contributed by atoms with van der Waals surface area (Å²) in [6.45, 7) is 8.89. The Kier molecular flexibility index (Phi) is 6.70. The Balaban J connectivity index is 2.64. The van der Waals surface area contributed by atoms with Crippen LogP contribution in [-0.2, 0) is 0 Å². The number of carbonyl (C=O) groups is 1. The van der Waals surface area contributed by atoms with Crippen LogP contribution in [0.2, 0.25) is 5.02 Å². The van der Waals surface area contributed by atoms with Gasteiger partial charge in [0.25, 0.3) is 5.91 Å². The van der Waals surface area contributed by atoms with Crippen molar-refractivity contribution in [3.8, 4) is 0 Å². The summed E-state index contributed by atoms with van der Waals surface area (Å²) in [5.41, 5.74) is 2.78. The topological polar surface area (TPSA) is 83.3 Å². The zero-order valence-electron chi connectivity index (χ0n) is 12.1. The lowest BCUT2D eigenvalue weighted by Gasteiger charge is -2.23. The van der Waals surface area contributed by atoms with Gasteiger partial charge in [-0.1, -0.05) is 25.4 Å². The molecule has 0 saturated heterocycles. The molecule has 1 rings (SSSR count). The predicted molar refractivity (Wildman–Crippen MR) is 81.8 cm³/mol. The van der Waals surface area contributed by atoms with Crippen molar-refractivity contribution in [3.63, 3.8) is 0 Å². The van der Waals surface area contributed by atoms with E-state index in [-0.39, 0.29) is 11.9 Å². The van der Waals surface area contributed by atoms with E-state index in [0.717, 1.165) is 19.6 Å². The monoisotopic (exact) mass is 299 g/mol. The number of hydrazine groups is 1. The van der Waals surface area contributed by atoms with Gasteiger partial charge in [-0.15, -0.1) is 0 Å². The second-order valence-electron chi connectivity index (χ2n) is 4.56. The SMILES string of the molecule is CCN(CC)CC(C)NC(=O)c1cnc(NN)c(Cl)c1. The number of likely N-dealkylation sites (N-methyl/N-ethyl adjacent to an activating group) is 1. The van der Waals surface area contributed by atoms with Crippen LogP contribution >= 0.6 is 11.6 Å². The molecule has 1 atom stereocenters. The Morgan fingerprint density at radius 3 is 2.65 bits per heavy atom. The summed E-state index contributed by atoms with van der Waals surface area (Å²) in [5.74, 6) is 5.39. The van der Waals surface area contributed by atoms with Gasteiger partial charge in [0, 0.05) is 18.8 Å². The molecule has 1 aromatic rings. The van der Waals surface area contributed by atoms with Gasteiger partial charge < -0.3 is 15.6 Å². The molecule has 112 valence electrons. The van der Waals surface area contributed by atoms with Crippen molar-refractivity contribution in [1.29, 1.82) is 0 Å². The molecule has 1 heterocycles. The number of nitrogens with zero attached hydrogens (tertiary/aromatic N) is 2. The fourth-order valence-electron chi connectivity index (χ4n) is 1.89. The first kappa shape index (κ1) is 16.7. The first-order valence-electron chi connectivity index (χ1n) is 6.67. The highest BCUT2D eigenvalue weighted by Crippen LogP contribution is 2.18. The standard InChI is InChI=1S/C13H22ClN5O/c1-4-19(5-2)8-9(3)17-13(20)10-6-11(14)12(18-15)16-7-10/h6-7,9H,4-5,8,15H2,1-3H3,(H,16,18)(H,17,20). The van der Waals surface area contributed by atoms with E-state index in [4.69, 9.17) is 17.4 Å². The number of amides is 1. The summed E-state index contributed by atoms with van der Waals surface area (Å²) in [6, 6.07) is 1.59. The largest absolute Gasteiger partial charge is 0.348 e. The molecule has 0 radical (unpaired) electrons. The number of nitrogen functional groups attached to an aromatic ring is 1. The van der Waals surface area contributed by atoms with Crippen molar-refractivity contribution >= 4 is 23.3 Å². The molecule has 4 N–H and O–H groups in total. The average molecular weight is 300 g/mol. The number of nitrogens with one attached hydrogen (secondary N) is 2. The third-order valence-electron chi connectivity index (χ3n) is 3.04. The highest BCUT2D eigenvalue weighted by Gasteiger charge is 2.13. The molecule has 0 spiro atoms. The van der Waals surface area contributed by atoms with Gasteiger partial charge in [-0.25, -0.2) is 10.8 Å². The third-order valence-corrected chi connectivity index (χ3v) is 3.33. The molecule has 0 aromatic carbocycles. The van der Waals surface area contributed by atoms with Crippen molar-refractivity contribution < 1.29 is 4.79 Å². The molecule has 6 nitrogen and oxygen atoms in total. The lowest BCUT2D eigenvalue weighted by atomic mass is 10.2. The van der Waals surface area contributed by atoms with E-state index >= 15 is 0 Å². The highest BCUT2D eigenvalue weighted by molar-refractivity contribution is 6.33. The maximum absolute atomic E-state index is 12.1. The molecule has 20 heavy (non-hydrogen) atoms. The second-order valence-corrected chi connectivity index (χ2v) is 4.97. The maximum atomic E-state index is 12.1. The van der Waals surface area contributed by atoms with Crippen LogP contribution in [0.3, 0.4) is 0 Å². The van der Waals surface area contributed by atoms with Crippen molar-refractivity contribution in [1.82, 2.24) is 15.2 Å². The van der Waals surface area contributed by atoms with Crippen LogP contribution in [0.1, 0.15) is 31.1 Å². The van der Waals surface area contributed by atoms with E-state index < -0.39 is 0 Å². The van der Waals surface area contributed by atoms with Gasteiger partial charge in [0.1, 0.15) is 0 Å². The van der Waals surface area contributed by atoms with E-state index in [2.05, 4.69) is 34.5 Å². The number of hydrogen-bond donors (Lipinski definition) is 3. The molecule has 1 unspecified atom stereocenters. The Hall–Kier alpha value is -1.37. The van der Waals surface area contributed by atoms with Crippen molar-refractivity contribution in [2.24, 2.45) is 5.84 Å². The normalized spacial score (nSPS) is 12.3. The van der Waals surface area contributed by atoms with E-state index in [1.807, 2.05) is 6.92 Å². The van der Waals surface area contributed by atoms with E-state index in [1.54, 1.807) is 6.07 Å². The van der Waals surface area contributed by atoms with Crippen LogP contribution < -0.4 is 16.6 Å². The van der Waals surface area contributed by atoms with Gasteiger partial charge in [-0.2, -0.15) is 0 Å². The average Bonchev–Trinajstić information content (AvgIpc) is 2.44. The zero-order chi connectivity index (χ0) is 15.1. The summed E-state index contributed by atoms with van der Waals surface area (Å²) >= 11 is 5.95. The van der Waals surface area contributed by atoms with Crippen LogP contribution in [0.4, 0.5) is 5.82 Å². The van der Waals surface area contributed by atoms with Gasteiger partial charge in [-0.3, -0.25) is 4.79 Å². The Morgan fingerprint density at radius 2 is 2.15 bits per heavy atom. The van der Waals surface area contributed by atoms with Gasteiger partial charge in [0.15, 0.2) is 5.82 Å². The summed E-state index contributed by atoms with van der Waals surface area (Å²) in [7, 11) is 0. The number of carbonyl (C=O) groups excluding carboxylic acids is 1.